The molecule has 0 saturated heterocycles. The molecule has 130 valence electrons. The molecule has 2 heterocycles. The Labute approximate surface area is 147 Å². The lowest BCUT2D eigenvalue weighted by Gasteiger charge is -2.24. The van der Waals surface area contributed by atoms with Crippen LogP contribution in [0.5, 0.6) is 0 Å². The maximum Gasteiger partial charge on any atom is 0.254 e. The molecule has 0 aliphatic heterocycles. The van der Waals surface area contributed by atoms with E-state index in [1.54, 1.807) is 17.5 Å². The van der Waals surface area contributed by atoms with E-state index in [0.717, 1.165) is 0 Å². The van der Waals surface area contributed by atoms with E-state index in [1.165, 1.54) is 10.4 Å². The standard InChI is InChI=1S/C17H25N5OS/c1-11-7-8-24-15(11)14(21(3)4)10-18-16(23)13-9-19-17(22(5)6)20-12(13)2/h7-9,14H,10H2,1-6H3,(H,18,23). The topological polar surface area (TPSA) is 61.4 Å². The number of likely N-dealkylation sites (N-methyl/N-ethyl adjacent to an activating group) is 1. The zero-order valence-corrected chi connectivity index (χ0v) is 15.9. The van der Waals surface area contributed by atoms with Crippen molar-refractivity contribution in [1.82, 2.24) is 20.2 Å². The minimum absolute atomic E-state index is 0.140. The van der Waals surface area contributed by atoms with Gasteiger partial charge in [-0.15, -0.1) is 11.3 Å². The van der Waals surface area contributed by atoms with Crippen LogP contribution in [0.1, 0.15) is 32.5 Å². The first-order valence-electron chi connectivity index (χ1n) is 7.80. The van der Waals surface area contributed by atoms with Crippen molar-refractivity contribution in [3.63, 3.8) is 0 Å². The third-order valence-electron chi connectivity index (χ3n) is 3.89. The monoisotopic (exact) mass is 347 g/mol. The predicted octanol–water partition coefficient (Wildman–Crippen LogP) is 2.25. The molecule has 7 heteroatoms. The van der Waals surface area contributed by atoms with Crippen LogP contribution in [0.15, 0.2) is 17.6 Å². The van der Waals surface area contributed by atoms with Crippen molar-refractivity contribution in [3.05, 3.63) is 39.3 Å². The Hall–Kier alpha value is -1.99. The summed E-state index contributed by atoms with van der Waals surface area (Å²) in [4.78, 5) is 26.3. The van der Waals surface area contributed by atoms with Gasteiger partial charge < -0.3 is 15.1 Å². The highest BCUT2D eigenvalue weighted by Gasteiger charge is 2.20. The number of aromatic nitrogens is 2. The molecule has 0 radical (unpaired) electrons. The summed E-state index contributed by atoms with van der Waals surface area (Å²) in [6.45, 7) is 4.47. The Kier molecular flexibility index (Phi) is 5.90. The number of thiophene rings is 1. The molecule has 1 atom stereocenters. The number of hydrogen-bond acceptors (Lipinski definition) is 6. The van der Waals surface area contributed by atoms with Crippen LogP contribution in [0.2, 0.25) is 0 Å². The zero-order valence-electron chi connectivity index (χ0n) is 15.1. The summed E-state index contributed by atoms with van der Waals surface area (Å²) in [5, 5.41) is 5.10. The maximum absolute atomic E-state index is 12.5. The van der Waals surface area contributed by atoms with Crippen molar-refractivity contribution in [1.29, 1.82) is 0 Å². The summed E-state index contributed by atoms with van der Waals surface area (Å²) in [6, 6.07) is 2.26. The molecule has 1 amide bonds. The van der Waals surface area contributed by atoms with Gasteiger partial charge in [0.25, 0.3) is 5.91 Å². The summed E-state index contributed by atoms with van der Waals surface area (Å²) >= 11 is 1.72. The minimum Gasteiger partial charge on any atom is -0.350 e. The van der Waals surface area contributed by atoms with E-state index in [9.17, 15) is 4.79 Å². The fourth-order valence-electron chi connectivity index (χ4n) is 2.41. The van der Waals surface area contributed by atoms with Gasteiger partial charge in [-0.2, -0.15) is 0 Å². The number of carbonyl (C=O) groups excluding carboxylic acids is 1. The van der Waals surface area contributed by atoms with Crippen LogP contribution >= 0.6 is 11.3 Å². The van der Waals surface area contributed by atoms with E-state index in [4.69, 9.17) is 0 Å². The number of hydrogen-bond donors (Lipinski definition) is 1. The number of rotatable bonds is 6. The Morgan fingerprint density at radius 1 is 1.29 bits per heavy atom. The van der Waals surface area contributed by atoms with Gasteiger partial charge >= 0.3 is 0 Å². The van der Waals surface area contributed by atoms with Gasteiger partial charge in [0.2, 0.25) is 5.95 Å². The molecule has 0 aliphatic rings. The molecule has 2 rings (SSSR count). The summed E-state index contributed by atoms with van der Waals surface area (Å²) in [7, 11) is 7.80. The normalized spacial score (nSPS) is 12.3. The third kappa shape index (κ3) is 4.10. The number of anilines is 1. The zero-order chi connectivity index (χ0) is 17.9. The van der Waals surface area contributed by atoms with Gasteiger partial charge in [-0.05, 0) is 45.0 Å². The van der Waals surface area contributed by atoms with Gasteiger partial charge in [0.1, 0.15) is 0 Å². The average Bonchev–Trinajstić information content (AvgIpc) is 2.92. The Morgan fingerprint density at radius 3 is 2.50 bits per heavy atom. The Bertz CT molecular complexity index is 711. The van der Waals surface area contributed by atoms with E-state index in [-0.39, 0.29) is 11.9 Å². The van der Waals surface area contributed by atoms with Crippen LogP contribution < -0.4 is 10.2 Å². The van der Waals surface area contributed by atoms with Gasteiger partial charge in [-0.3, -0.25) is 4.79 Å². The fourth-order valence-corrected chi connectivity index (χ4v) is 3.54. The molecule has 0 aliphatic carbocycles. The lowest BCUT2D eigenvalue weighted by atomic mass is 10.1. The van der Waals surface area contributed by atoms with Crippen LogP contribution in [0.4, 0.5) is 5.95 Å². The summed E-state index contributed by atoms with van der Waals surface area (Å²) in [6.07, 6.45) is 1.59. The van der Waals surface area contributed by atoms with Crippen LogP contribution in [0, 0.1) is 13.8 Å². The summed E-state index contributed by atoms with van der Waals surface area (Å²) in [5.41, 5.74) is 2.45. The Balaban J connectivity index is 2.10. The van der Waals surface area contributed by atoms with Crippen molar-refractivity contribution in [2.75, 3.05) is 39.6 Å². The molecule has 1 unspecified atom stereocenters. The molecule has 1 N–H and O–H groups in total. The van der Waals surface area contributed by atoms with Gasteiger partial charge in [-0.1, -0.05) is 0 Å². The second-order valence-corrected chi connectivity index (χ2v) is 7.17. The molecule has 2 aromatic heterocycles. The minimum atomic E-state index is -0.140. The van der Waals surface area contributed by atoms with E-state index < -0.39 is 0 Å². The first-order valence-corrected chi connectivity index (χ1v) is 8.68. The van der Waals surface area contributed by atoms with Crippen LogP contribution in [0.25, 0.3) is 0 Å². The number of amides is 1. The average molecular weight is 347 g/mol. The summed E-state index contributed by atoms with van der Waals surface area (Å²) < 4.78 is 0. The molecule has 24 heavy (non-hydrogen) atoms. The third-order valence-corrected chi connectivity index (χ3v) is 5.02. The van der Waals surface area contributed by atoms with Crippen molar-refractivity contribution in [3.8, 4) is 0 Å². The van der Waals surface area contributed by atoms with Gasteiger partial charge in [0.05, 0.1) is 17.3 Å². The van der Waals surface area contributed by atoms with E-state index in [1.807, 2.05) is 40.0 Å². The smallest absolute Gasteiger partial charge is 0.254 e. The quantitative estimate of drug-likeness (QED) is 0.868. The van der Waals surface area contributed by atoms with Crippen molar-refractivity contribution < 1.29 is 4.79 Å². The highest BCUT2D eigenvalue weighted by atomic mass is 32.1. The first kappa shape index (κ1) is 18.4. The molecule has 6 nitrogen and oxygen atoms in total. The molecule has 2 aromatic rings. The van der Waals surface area contributed by atoms with E-state index >= 15 is 0 Å². The maximum atomic E-state index is 12.5. The SMILES string of the molecule is Cc1ccsc1C(CNC(=O)c1cnc(N(C)C)nc1C)N(C)C. The first-order chi connectivity index (χ1) is 11.3. The predicted molar refractivity (Wildman–Crippen MR) is 98.9 cm³/mol. The molecule has 0 spiro atoms. The molecule has 0 bridgehead atoms. The van der Waals surface area contributed by atoms with Gasteiger partial charge in [0, 0.05) is 31.7 Å². The number of nitrogens with one attached hydrogen (secondary N) is 1. The van der Waals surface area contributed by atoms with Crippen LogP contribution in [-0.2, 0) is 0 Å². The Morgan fingerprint density at radius 2 is 2.00 bits per heavy atom. The lowest BCUT2D eigenvalue weighted by Crippen LogP contribution is -2.35. The highest BCUT2D eigenvalue weighted by Crippen LogP contribution is 2.26. The number of nitrogens with zero attached hydrogens (tertiary/aromatic N) is 4. The number of aryl methyl sites for hydroxylation is 2. The van der Waals surface area contributed by atoms with E-state index in [0.29, 0.717) is 23.8 Å². The van der Waals surface area contributed by atoms with E-state index in [2.05, 4.69) is 38.6 Å². The fraction of sp³-hybridized carbons (Fsp3) is 0.471. The highest BCUT2D eigenvalue weighted by molar-refractivity contribution is 7.10. The van der Waals surface area contributed by atoms with Crippen molar-refractivity contribution in [2.24, 2.45) is 0 Å². The van der Waals surface area contributed by atoms with Crippen molar-refractivity contribution >= 4 is 23.2 Å². The molecular weight excluding hydrogens is 322 g/mol. The molecule has 0 saturated carbocycles. The molecular formula is C17H25N5OS. The van der Waals surface area contributed by atoms with Crippen LogP contribution in [0.3, 0.4) is 0 Å². The molecule has 0 aromatic carbocycles. The molecule has 0 fully saturated rings. The lowest BCUT2D eigenvalue weighted by molar-refractivity contribution is 0.0940. The largest absolute Gasteiger partial charge is 0.350 e. The second kappa shape index (κ2) is 7.72. The van der Waals surface area contributed by atoms with Crippen molar-refractivity contribution in [2.45, 2.75) is 19.9 Å². The summed E-state index contributed by atoms with van der Waals surface area (Å²) in [5.74, 6) is 0.461. The number of carbonyl (C=O) groups is 1. The van der Waals surface area contributed by atoms with Gasteiger partial charge in [-0.25, -0.2) is 9.97 Å². The van der Waals surface area contributed by atoms with Crippen LogP contribution in [-0.4, -0.2) is 55.5 Å². The second-order valence-electron chi connectivity index (χ2n) is 6.22. The van der Waals surface area contributed by atoms with Gasteiger partial charge in [0.15, 0.2) is 0 Å².